The highest BCUT2D eigenvalue weighted by molar-refractivity contribution is 6.31. The van der Waals surface area contributed by atoms with Crippen molar-refractivity contribution in [3.8, 4) is 0 Å². The zero-order valence-corrected chi connectivity index (χ0v) is 12.0. The van der Waals surface area contributed by atoms with Crippen LogP contribution in [-0.2, 0) is 4.79 Å². The molecule has 0 heterocycles. The maximum Gasteiger partial charge on any atom is 0.233 e. The van der Waals surface area contributed by atoms with E-state index in [1.54, 1.807) is 31.3 Å². The molecule has 1 amide bonds. The molecule has 0 unspecified atom stereocenters. The summed E-state index contributed by atoms with van der Waals surface area (Å²) >= 11 is 5.86. The molecular formula is C14H19ClN2O2. The Morgan fingerprint density at radius 3 is 2.63 bits per heavy atom. The molecule has 0 aliphatic heterocycles. The van der Waals surface area contributed by atoms with Gasteiger partial charge in [0.05, 0.1) is 13.1 Å². The number of Topliss-reactive ketones (excluding diaryl/α,β-unsaturated/α-hetero) is 1. The third kappa shape index (κ3) is 5.41. The Kier molecular flexibility index (Phi) is 6.53. The first-order valence-electron chi connectivity index (χ1n) is 6.28. The largest absolute Gasteiger partial charge is 0.358 e. The van der Waals surface area contributed by atoms with Crippen molar-refractivity contribution in [3.05, 3.63) is 34.9 Å². The lowest BCUT2D eigenvalue weighted by atomic mass is 10.1. The number of halogens is 1. The summed E-state index contributed by atoms with van der Waals surface area (Å²) in [6.07, 6.45) is 0.889. The van der Waals surface area contributed by atoms with Gasteiger partial charge in [-0.25, -0.2) is 0 Å². The van der Waals surface area contributed by atoms with Gasteiger partial charge in [0.2, 0.25) is 5.91 Å². The fraction of sp³-hybridized carbons (Fsp3) is 0.429. The zero-order chi connectivity index (χ0) is 14.3. The van der Waals surface area contributed by atoms with Gasteiger partial charge in [-0.15, -0.1) is 0 Å². The second-order valence-corrected chi connectivity index (χ2v) is 4.75. The van der Waals surface area contributed by atoms with E-state index in [-0.39, 0.29) is 24.8 Å². The molecule has 0 spiro atoms. The van der Waals surface area contributed by atoms with Crippen molar-refractivity contribution < 1.29 is 9.59 Å². The number of benzene rings is 1. The molecule has 104 valence electrons. The van der Waals surface area contributed by atoms with Crippen LogP contribution in [0.15, 0.2) is 24.3 Å². The van der Waals surface area contributed by atoms with Gasteiger partial charge in [-0.3, -0.25) is 14.5 Å². The van der Waals surface area contributed by atoms with Crippen LogP contribution in [0.5, 0.6) is 0 Å². The lowest BCUT2D eigenvalue weighted by molar-refractivity contribution is -0.121. The minimum atomic E-state index is -0.0904. The van der Waals surface area contributed by atoms with Crippen LogP contribution in [0.4, 0.5) is 0 Å². The Morgan fingerprint density at radius 2 is 2.05 bits per heavy atom. The number of likely N-dealkylation sites (N-methyl/N-ethyl adjacent to an activating group) is 1. The molecule has 1 N–H and O–H groups in total. The Labute approximate surface area is 118 Å². The highest BCUT2D eigenvalue weighted by Gasteiger charge is 2.14. The number of ketones is 1. The summed E-state index contributed by atoms with van der Waals surface area (Å²) < 4.78 is 0. The molecule has 0 aliphatic carbocycles. The minimum absolute atomic E-state index is 0.0279. The van der Waals surface area contributed by atoms with Crippen LogP contribution in [-0.4, -0.2) is 43.3 Å². The number of amides is 1. The first-order chi connectivity index (χ1) is 9.06. The molecular weight excluding hydrogens is 264 g/mol. The van der Waals surface area contributed by atoms with E-state index in [4.69, 9.17) is 11.6 Å². The molecule has 0 saturated heterocycles. The molecule has 1 aromatic carbocycles. The monoisotopic (exact) mass is 282 g/mol. The predicted octanol–water partition coefficient (Wildman–Crippen LogP) is 1.98. The number of nitrogens with zero attached hydrogens (tertiary/aromatic N) is 1. The molecule has 0 atom stereocenters. The van der Waals surface area contributed by atoms with Crippen molar-refractivity contribution in [1.29, 1.82) is 0 Å². The topological polar surface area (TPSA) is 49.4 Å². The third-order valence-corrected chi connectivity index (χ3v) is 2.93. The maximum atomic E-state index is 12.1. The van der Waals surface area contributed by atoms with E-state index >= 15 is 0 Å². The van der Waals surface area contributed by atoms with E-state index in [1.165, 1.54) is 0 Å². The van der Waals surface area contributed by atoms with Crippen molar-refractivity contribution in [2.75, 3.05) is 26.7 Å². The smallest absolute Gasteiger partial charge is 0.233 e. The molecule has 0 aromatic heterocycles. The van der Waals surface area contributed by atoms with Gasteiger partial charge in [0.1, 0.15) is 0 Å². The van der Waals surface area contributed by atoms with Crippen LogP contribution in [0, 0.1) is 0 Å². The van der Waals surface area contributed by atoms with Gasteiger partial charge in [0.15, 0.2) is 5.78 Å². The minimum Gasteiger partial charge on any atom is -0.358 e. The van der Waals surface area contributed by atoms with E-state index in [1.807, 2.05) is 11.8 Å². The molecule has 1 aromatic rings. The summed E-state index contributed by atoms with van der Waals surface area (Å²) in [5.74, 6) is -0.118. The third-order valence-electron chi connectivity index (χ3n) is 2.70. The van der Waals surface area contributed by atoms with E-state index in [2.05, 4.69) is 5.32 Å². The number of hydrogen-bond acceptors (Lipinski definition) is 3. The van der Waals surface area contributed by atoms with Crippen molar-refractivity contribution in [2.24, 2.45) is 0 Å². The second kappa shape index (κ2) is 7.92. The van der Waals surface area contributed by atoms with Crippen molar-refractivity contribution in [3.63, 3.8) is 0 Å². The predicted molar refractivity (Wildman–Crippen MR) is 76.6 cm³/mol. The van der Waals surface area contributed by atoms with Gasteiger partial charge in [-0.1, -0.05) is 30.7 Å². The molecule has 5 heteroatoms. The summed E-state index contributed by atoms with van der Waals surface area (Å²) in [7, 11) is 1.59. The molecule has 1 rings (SSSR count). The van der Waals surface area contributed by atoms with E-state index in [0.29, 0.717) is 17.1 Å². The Morgan fingerprint density at radius 1 is 1.32 bits per heavy atom. The number of rotatable bonds is 7. The van der Waals surface area contributed by atoms with Crippen LogP contribution >= 0.6 is 11.6 Å². The molecule has 4 nitrogen and oxygen atoms in total. The van der Waals surface area contributed by atoms with Gasteiger partial charge in [-0.05, 0) is 25.1 Å². The van der Waals surface area contributed by atoms with Crippen molar-refractivity contribution >= 4 is 23.3 Å². The Bertz CT molecular complexity index is 449. The number of nitrogens with one attached hydrogen (secondary N) is 1. The van der Waals surface area contributed by atoms with Crippen LogP contribution in [0.2, 0.25) is 5.02 Å². The van der Waals surface area contributed by atoms with E-state index in [0.717, 1.165) is 6.42 Å². The normalized spacial score (nSPS) is 10.5. The number of carbonyl (C=O) groups is 2. The van der Waals surface area contributed by atoms with Gasteiger partial charge in [0, 0.05) is 17.6 Å². The van der Waals surface area contributed by atoms with Crippen LogP contribution < -0.4 is 5.32 Å². The van der Waals surface area contributed by atoms with Gasteiger partial charge in [0.25, 0.3) is 0 Å². The summed E-state index contributed by atoms with van der Waals surface area (Å²) in [6.45, 7) is 3.18. The van der Waals surface area contributed by atoms with Crippen LogP contribution in [0.3, 0.4) is 0 Å². The lowest BCUT2D eigenvalue weighted by Crippen LogP contribution is -2.39. The van der Waals surface area contributed by atoms with Crippen molar-refractivity contribution in [1.82, 2.24) is 10.2 Å². The first kappa shape index (κ1) is 15.7. The van der Waals surface area contributed by atoms with Crippen LogP contribution in [0.25, 0.3) is 0 Å². The molecule has 0 radical (unpaired) electrons. The molecule has 0 bridgehead atoms. The quantitative estimate of drug-likeness (QED) is 0.778. The van der Waals surface area contributed by atoms with Crippen LogP contribution in [0.1, 0.15) is 23.7 Å². The van der Waals surface area contributed by atoms with Gasteiger partial charge >= 0.3 is 0 Å². The Hall–Kier alpha value is -1.39. The average molecular weight is 283 g/mol. The van der Waals surface area contributed by atoms with Gasteiger partial charge < -0.3 is 5.32 Å². The first-order valence-corrected chi connectivity index (χ1v) is 6.66. The number of hydrogen-bond donors (Lipinski definition) is 1. The molecule has 0 aliphatic rings. The summed E-state index contributed by atoms with van der Waals surface area (Å²) in [5, 5.41) is 3.10. The second-order valence-electron chi connectivity index (χ2n) is 4.32. The SMILES string of the molecule is CCCN(CC(=O)NC)CC(=O)c1cccc(Cl)c1. The fourth-order valence-electron chi connectivity index (χ4n) is 1.77. The van der Waals surface area contributed by atoms with E-state index < -0.39 is 0 Å². The summed E-state index contributed by atoms with van der Waals surface area (Å²) in [4.78, 5) is 25.3. The molecule has 0 saturated carbocycles. The Balaban J connectivity index is 2.67. The van der Waals surface area contributed by atoms with E-state index in [9.17, 15) is 9.59 Å². The highest BCUT2D eigenvalue weighted by Crippen LogP contribution is 2.11. The average Bonchev–Trinajstić information content (AvgIpc) is 2.38. The maximum absolute atomic E-state index is 12.1. The fourth-order valence-corrected chi connectivity index (χ4v) is 1.96. The van der Waals surface area contributed by atoms with Gasteiger partial charge in [-0.2, -0.15) is 0 Å². The summed E-state index contributed by atoms with van der Waals surface area (Å²) in [6, 6.07) is 6.86. The molecule has 19 heavy (non-hydrogen) atoms. The highest BCUT2D eigenvalue weighted by atomic mass is 35.5. The lowest BCUT2D eigenvalue weighted by Gasteiger charge is -2.19. The number of carbonyl (C=O) groups excluding carboxylic acids is 2. The van der Waals surface area contributed by atoms with Crippen molar-refractivity contribution in [2.45, 2.75) is 13.3 Å². The molecule has 0 fully saturated rings. The zero-order valence-electron chi connectivity index (χ0n) is 11.3. The summed E-state index contributed by atoms with van der Waals surface area (Å²) in [5.41, 5.74) is 0.575. The standard InChI is InChI=1S/C14H19ClN2O2/c1-3-7-17(10-14(19)16-2)9-13(18)11-5-4-6-12(15)8-11/h4-6,8H,3,7,9-10H2,1-2H3,(H,16,19).